The molecule has 0 fully saturated rings. The molecule has 0 spiro atoms. The number of rotatable bonds is 6. The molecule has 0 atom stereocenters. The summed E-state index contributed by atoms with van der Waals surface area (Å²) in [5.74, 6) is 1.25. The molecule has 0 aromatic carbocycles. The van der Waals surface area contributed by atoms with Gasteiger partial charge in [0.1, 0.15) is 5.76 Å². The zero-order chi connectivity index (χ0) is 14.5. The second kappa shape index (κ2) is 6.51. The van der Waals surface area contributed by atoms with E-state index in [9.17, 15) is 4.79 Å². The standard InChI is InChI=1S/C13H17N3O3S/c1-8-9(2)19-11(15-8)6-14-13-16-10(7-20-13)4-5-12(17)18-3/h7H,4-6H2,1-3H3,(H,14,16). The summed E-state index contributed by atoms with van der Waals surface area (Å²) >= 11 is 1.50. The van der Waals surface area contributed by atoms with E-state index in [0.29, 0.717) is 25.3 Å². The van der Waals surface area contributed by atoms with Gasteiger partial charge in [-0.05, 0) is 13.8 Å². The van der Waals surface area contributed by atoms with Gasteiger partial charge in [-0.2, -0.15) is 0 Å². The molecule has 2 aromatic rings. The van der Waals surface area contributed by atoms with Crippen LogP contribution in [0.3, 0.4) is 0 Å². The molecule has 7 heteroatoms. The van der Waals surface area contributed by atoms with Gasteiger partial charge in [0.2, 0.25) is 5.89 Å². The molecule has 0 saturated carbocycles. The van der Waals surface area contributed by atoms with E-state index in [0.717, 1.165) is 22.3 Å². The number of thiazole rings is 1. The monoisotopic (exact) mass is 295 g/mol. The largest absolute Gasteiger partial charge is 0.469 e. The number of anilines is 1. The molecule has 0 unspecified atom stereocenters. The van der Waals surface area contributed by atoms with E-state index < -0.39 is 0 Å². The Balaban J connectivity index is 1.85. The fourth-order valence-corrected chi connectivity index (χ4v) is 2.34. The summed E-state index contributed by atoms with van der Waals surface area (Å²) in [6, 6.07) is 0. The summed E-state index contributed by atoms with van der Waals surface area (Å²) in [5, 5.41) is 5.88. The quantitative estimate of drug-likeness (QED) is 0.825. The first kappa shape index (κ1) is 14.5. The third-order valence-electron chi connectivity index (χ3n) is 2.83. The van der Waals surface area contributed by atoms with Crippen molar-refractivity contribution in [2.75, 3.05) is 12.4 Å². The molecule has 0 aliphatic rings. The highest BCUT2D eigenvalue weighted by Crippen LogP contribution is 2.18. The van der Waals surface area contributed by atoms with Gasteiger partial charge in [-0.1, -0.05) is 0 Å². The van der Waals surface area contributed by atoms with Crippen LogP contribution in [-0.2, 0) is 22.5 Å². The lowest BCUT2D eigenvalue weighted by molar-refractivity contribution is -0.140. The number of oxazole rings is 1. The third kappa shape index (κ3) is 3.80. The topological polar surface area (TPSA) is 77.2 Å². The Morgan fingerprint density at radius 2 is 2.25 bits per heavy atom. The maximum absolute atomic E-state index is 11.1. The van der Waals surface area contributed by atoms with Crippen molar-refractivity contribution in [2.45, 2.75) is 33.2 Å². The first-order valence-electron chi connectivity index (χ1n) is 6.26. The van der Waals surface area contributed by atoms with Crippen LogP contribution in [0.1, 0.15) is 29.5 Å². The van der Waals surface area contributed by atoms with E-state index in [1.165, 1.54) is 18.4 Å². The first-order valence-corrected chi connectivity index (χ1v) is 7.14. The lowest BCUT2D eigenvalue weighted by Crippen LogP contribution is -2.02. The van der Waals surface area contributed by atoms with Gasteiger partial charge in [0.15, 0.2) is 5.13 Å². The Hall–Kier alpha value is -1.89. The fraction of sp³-hybridized carbons (Fsp3) is 0.462. The van der Waals surface area contributed by atoms with Gasteiger partial charge in [-0.25, -0.2) is 9.97 Å². The molecule has 0 radical (unpaired) electrons. The van der Waals surface area contributed by atoms with Gasteiger partial charge in [0, 0.05) is 11.8 Å². The molecule has 2 aromatic heterocycles. The van der Waals surface area contributed by atoms with Crippen LogP contribution in [0, 0.1) is 13.8 Å². The Morgan fingerprint density at radius 3 is 2.90 bits per heavy atom. The summed E-state index contributed by atoms with van der Waals surface area (Å²) in [5.41, 5.74) is 1.78. The van der Waals surface area contributed by atoms with Crippen LogP contribution < -0.4 is 5.32 Å². The number of methoxy groups -OCH3 is 1. The van der Waals surface area contributed by atoms with Gasteiger partial charge in [0.05, 0.1) is 31.5 Å². The minimum absolute atomic E-state index is 0.224. The van der Waals surface area contributed by atoms with Gasteiger partial charge in [-0.15, -0.1) is 11.3 Å². The number of hydrogen-bond donors (Lipinski definition) is 1. The van der Waals surface area contributed by atoms with Crippen molar-refractivity contribution in [2.24, 2.45) is 0 Å². The van der Waals surface area contributed by atoms with Gasteiger partial charge in [-0.3, -0.25) is 4.79 Å². The highest BCUT2D eigenvalue weighted by Gasteiger charge is 2.08. The van der Waals surface area contributed by atoms with Crippen molar-refractivity contribution < 1.29 is 13.9 Å². The number of nitrogens with one attached hydrogen (secondary N) is 1. The summed E-state index contributed by atoms with van der Waals surface area (Å²) in [4.78, 5) is 19.7. The van der Waals surface area contributed by atoms with E-state index in [1.54, 1.807) is 0 Å². The van der Waals surface area contributed by atoms with E-state index in [-0.39, 0.29) is 5.97 Å². The number of carbonyl (C=O) groups excluding carboxylic acids is 1. The Bertz CT molecular complexity index is 572. The number of aryl methyl sites for hydroxylation is 3. The molecular weight excluding hydrogens is 278 g/mol. The molecule has 20 heavy (non-hydrogen) atoms. The Morgan fingerprint density at radius 1 is 1.45 bits per heavy atom. The molecular formula is C13H17N3O3S. The van der Waals surface area contributed by atoms with Crippen molar-refractivity contribution in [3.63, 3.8) is 0 Å². The molecule has 0 amide bonds. The third-order valence-corrected chi connectivity index (χ3v) is 3.68. The second-order valence-electron chi connectivity index (χ2n) is 4.32. The highest BCUT2D eigenvalue weighted by molar-refractivity contribution is 7.13. The van der Waals surface area contributed by atoms with Crippen LogP contribution in [0.4, 0.5) is 5.13 Å². The van der Waals surface area contributed by atoms with E-state index in [1.807, 2.05) is 19.2 Å². The van der Waals surface area contributed by atoms with Crippen LogP contribution in [0.2, 0.25) is 0 Å². The predicted octanol–water partition coefficient (Wildman–Crippen LogP) is 2.47. The van der Waals surface area contributed by atoms with Gasteiger partial charge < -0.3 is 14.5 Å². The number of carbonyl (C=O) groups is 1. The van der Waals surface area contributed by atoms with Crippen molar-refractivity contribution in [1.29, 1.82) is 0 Å². The molecule has 6 nitrogen and oxygen atoms in total. The van der Waals surface area contributed by atoms with Gasteiger partial charge >= 0.3 is 5.97 Å². The molecule has 2 rings (SSSR count). The maximum Gasteiger partial charge on any atom is 0.305 e. The lowest BCUT2D eigenvalue weighted by atomic mass is 10.2. The molecule has 0 bridgehead atoms. The predicted molar refractivity (Wildman–Crippen MR) is 75.8 cm³/mol. The van der Waals surface area contributed by atoms with Crippen molar-refractivity contribution >= 4 is 22.4 Å². The Labute approximate surface area is 121 Å². The second-order valence-corrected chi connectivity index (χ2v) is 5.18. The number of ether oxygens (including phenoxy) is 1. The number of hydrogen-bond acceptors (Lipinski definition) is 7. The SMILES string of the molecule is COC(=O)CCc1csc(NCc2nc(C)c(C)o2)n1. The molecule has 2 heterocycles. The van der Waals surface area contributed by atoms with Gasteiger partial charge in [0.25, 0.3) is 0 Å². The Kier molecular flexibility index (Phi) is 4.73. The summed E-state index contributed by atoms with van der Waals surface area (Å²) in [7, 11) is 1.39. The summed E-state index contributed by atoms with van der Waals surface area (Å²) in [6.07, 6.45) is 0.930. The number of esters is 1. The van der Waals surface area contributed by atoms with E-state index in [2.05, 4.69) is 20.0 Å². The van der Waals surface area contributed by atoms with Crippen LogP contribution in [0.5, 0.6) is 0 Å². The molecule has 108 valence electrons. The van der Waals surface area contributed by atoms with Crippen LogP contribution >= 0.6 is 11.3 Å². The van der Waals surface area contributed by atoms with Crippen molar-refractivity contribution in [1.82, 2.24) is 9.97 Å². The minimum atomic E-state index is -0.224. The minimum Gasteiger partial charge on any atom is -0.469 e. The van der Waals surface area contributed by atoms with Crippen LogP contribution in [-0.4, -0.2) is 23.0 Å². The zero-order valence-corrected chi connectivity index (χ0v) is 12.5. The highest BCUT2D eigenvalue weighted by atomic mass is 32.1. The smallest absolute Gasteiger partial charge is 0.305 e. The molecule has 0 saturated heterocycles. The average molecular weight is 295 g/mol. The van der Waals surface area contributed by atoms with Crippen LogP contribution in [0.25, 0.3) is 0 Å². The van der Waals surface area contributed by atoms with Crippen molar-refractivity contribution in [3.05, 3.63) is 28.4 Å². The van der Waals surface area contributed by atoms with E-state index in [4.69, 9.17) is 4.42 Å². The molecule has 0 aliphatic carbocycles. The zero-order valence-electron chi connectivity index (χ0n) is 11.7. The first-order chi connectivity index (χ1) is 9.58. The molecule has 1 N–H and O–H groups in total. The molecule has 0 aliphatic heterocycles. The van der Waals surface area contributed by atoms with Crippen LogP contribution in [0.15, 0.2) is 9.80 Å². The number of aromatic nitrogens is 2. The van der Waals surface area contributed by atoms with Crippen molar-refractivity contribution in [3.8, 4) is 0 Å². The maximum atomic E-state index is 11.1. The van der Waals surface area contributed by atoms with E-state index >= 15 is 0 Å². The fourth-order valence-electron chi connectivity index (χ4n) is 1.60. The average Bonchev–Trinajstić information content (AvgIpc) is 3.01. The summed E-state index contributed by atoms with van der Waals surface area (Å²) < 4.78 is 10.1. The normalized spacial score (nSPS) is 10.6. The number of nitrogens with zero attached hydrogens (tertiary/aromatic N) is 2. The lowest BCUT2D eigenvalue weighted by Gasteiger charge is -1.98. The summed E-state index contributed by atoms with van der Waals surface area (Å²) in [6.45, 7) is 4.30.